The number of hydrogen-bond donors (Lipinski definition) is 4. The predicted molar refractivity (Wildman–Crippen MR) is 204 cm³/mol. The van der Waals surface area contributed by atoms with Crippen LogP contribution in [0.4, 0.5) is 0 Å². The highest BCUT2D eigenvalue weighted by atomic mass is 16.6. The van der Waals surface area contributed by atoms with Gasteiger partial charge in [0.2, 0.25) is 23.6 Å². The Morgan fingerprint density at radius 2 is 1.46 bits per heavy atom. The largest absolute Gasteiger partial charge is 0.456 e. The van der Waals surface area contributed by atoms with Crippen molar-refractivity contribution in [1.29, 1.82) is 0 Å². The Balaban J connectivity index is 1.33. The number of amides is 4. The third kappa shape index (κ3) is 15.1. The van der Waals surface area contributed by atoms with E-state index in [-0.39, 0.29) is 62.2 Å². The van der Waals surface area contributed by atoms with Crippen molar-refractivity contribution in [2.75, 3.05) is 46.0 Å². The number of ketones is 1. The zero-order valence-electron chi connectivity index (χ0n) is 33.2. The number of esters is 1. The van der Waals surface area contributed by atoms with E-state index in [0.717, 1.165) is 5.56 Å². The smallest absolute Gasteiger partial charge is 0.320 e. The van der Waals surface area contributed by atoms with Crippen molar-refractivity contribution in [1.82, 2.24) is 31.3 Å². The summed E-state index contributed by atoms with van der Waals surface area (Å²) in [5.74, 6) is -2.04. The van der Waals surface area contributed by atoms with Crippen LogP contribution in [-0.2, 0) is 62.4 Å². The molecule has 0 spiro atoms. The van der Waals surface area contributed by atoms with Crippen molar-refractivity contribution in [2.24, 2.45) is 11.8 Å². The third-order valence-corrected chi connectivity index (χ3v) is 9.59. The summed E-state index contributed by atoms with van der Waals surface area (Å²) < 4.78 is 21.1. The van der Waals surface area contributed by atoms with Crippen LogP contribution in [0.1, 0.15) is 77.3 Å². The summed E-state index contributed by atoms with van der Waals surface area (Å²) in [6.45, 7) is 12.1. The first-order valence-corrected chi connectivity index (χ1v) is 19.5. The molecule has 2 saturated heterocycles. The van der Waals surface area contributed by atoms with E-state index < -0.39 is 59.9 Å². The molecule has 0 aliphatic carbocycles. The van der Waals surface area contributed by atoms with Crippen LogP contribution in [-0.4, -0.2) is 115 Å². The van der Waals surface area contributed by atoms with Gasteiger partial charge in [-0.3, -0.25) is 33.7 Å². The molecule has 4 unspecified atom stereocenters. The first-order valence-electron chi connectivity index (χ1n) is 19.5. The van der Waals surface area contributed by atoms with Crippen molar-refractivity contribution in [3.05, 3.63) is 53.4 Å². The van der Waals surface area contributed by atoms with E-state index in [9.17, 15) is 28.8 Å². The Bertz CT molecular complexity index is 1620. The molecule has 2 aromatic rings. The van der Waals surface area contributed by atoms with Crippen molar-refractivity contribution >= 4 is 35.4 Å². The van der Waals surface area contributed by atoms with Gasteiger partial charge in [-0.25, -0.2) is 0 Å². The SMILES string of the molecule is CC(C)CCC(NC(=O)CNC(=O)Cc1cc(COC(=O)CN2CCOCC2)on1)C(=O)NC(Cc1ccccc1)C(=O)NC(CCC(C)C)C(=O)C1(C)CO1. The first-order chi connectivity index (χ1) is 26.7. The number of morpholine rings is 1. The molecule has 0 saturated carbocycles. The summed E-state index contributed by atoms with van der Waals surface area (Å²) in [7, 11) is 0. The summed E-state index contributed by atoms with van der Waals surface area (Å²) in [5.41, 5.74) is 0.142. The molecule has 16 heteroatoms. The standard InChI is InChI=1S/C40H58N6O10/c1-26(2)11-13-31(37(50)40(5)25-55-40)43-39(52)33(19-28-9-7-6-8-10-28)44-38(51)32(14-12-27(3)4)42-35(48)22-41-34(47)21-29-20-30(56-45-29)24-54-36(49)23-46-15-17-53-18-16-46/h6-10,20,26-27,31-33H,11-19,21-25H2,1-5H3,(H,41,47)(H,42,48)(H,43,52)(H,44,51). The summed E-state index contributed by atoms with van der Waals surface area (Å²) in [5, 5.41) is 14.8. The van der Waals surface area contributed by atoms with Crippen molar-refractivity contribution in [3.63, 3.8) is 0 Å². The van der Waals surface area contributed by atoms with Crippen molar-refractivity contribution in [2.45, 2.75) is 103 Å². The molecule has 1 aromatic heterocycles. The normalized spacial score (nSPS) is 18.4. The molecule has 16 nitrogen and oxygen atoms in total. The maximum Gasteiger partial charge on any atom is 0.320 e. The molecular weight excluding hydrogens is 724 g/mol. The van der Waals surface area contributed by atoms with E-state index in [4.69, 9.17) is 18.7 Å². The van der Waals surface area contributed by atoms with Crippen LogP contribution < -0.4 is 21.3 Å². The second-order valence-electron chi connectivity index (χ2n) is 15.5. The Labute approximate surface area is 328 Å². The van der Waals surface area contributed by atoms with Gasteiger partial charge in [-0.2, -0.15) is 0 Å². The van der Waals surface area contributed by atoms with Crippen LogP contribution in [0.3, 0.4) is 0 Å². The lowest BCUT2D eigenvalue weighted by molar-refractivity contribution is -0.148. The highest BCUT2D eigenvalue weighted by Gasteiger charge is 2.50. The van der Waals surface area contributed by atoms with Gasteiger partial charge in [-0.1, -0.05) is 63.2 Å². The molecule has 4 amide bonds. The van der Waals surface area contributed by atoms with Gasteiger partial charge in [-0.15, -0.1) is 0 Å². The van der Waals surface area contributed by atoms with E-state index in [1.54, 1.807) is 6.92 Å². The highest BCUT2D eigenvalue weighted by Crippen LogP contribution is 2.29. The lowest BCUT2D eigenvalue weighted by atomic mass is 9.93. The van der Waals surface area contributed by atoms with Gasteiger partial charge in [0, 0.05) is 25.6 Å². The van der Waals surface area contributed by atoms with Gasteiger partial charge in [0.1, 0.15) is 17.7 Å². The van der Waals surface area contributed by atoms with Gasteiger partial charge in [0.05, 0.1) is 51.1 Å². The minimum atomic E-state index is -1.05. The van der Waals surface area contributed by atoms with E-state index in [1.807, 2.05) is 62.9 Å². The molecule has 4 rings (SSSR count). The fourth-order valence-corrected chi connectivity index (χ4v) is 6.06. The van der Waals surface area contributed by atoms with Crippen LogP contribution >= 0.6 is 0 Å². The lowest BCUT2D eigenvalue weighted by Gasteiger charge is -2.26. The molecule has 4 N–H and O–H groups in total. The number of carbonyl (C=O) groups excluding carboxylic acids is 6. The first kappa shape index (κ1) is 44.0. The average molecular weight is 783 g/mol. The number of aromatic nitrogens is 1. The number of epoxide rings is 1. The van der Waals surface area contributed by atoms with Crippen LogP contribution in [0, 0.1) is 11.8 Å². The predicted octanol–water partition coefficient (Wildman–Crippen LogP) is 1.64. The molecule has 308 valence electrons. The molecule has 1 aromatic carbocycles. The molecule has 3 heterocycles. The fourth-order valence-electron chi connectivity index (χ4n) is 6.06. The summed E-state index contributed by atoms with van der Waals surface area (Å²) >= 11 is 0. The number of nitrogens with zero attached hydrogens (tertiary/aromatic N) is 2. The molecular formula is C40H58N6O10. The summed E-state index contributed by atoms with van der Waals surface area (Å²) in [6.07, 6.45) is 1.97. The zero-order valence-corrected chi connectivity index (χ0v) is 33.2. The Morgan fingerprint density at radius 1 is 0.839 bits per heavy atom. The molecule has 0 bridgehead atoms. The number of ether oxygens (including phenoxy) is 3. The minimum Gasteiger partial charge on any atom is -0.456 e. The maximum absolute atomic E-state index is 13.9. The maximum atomic E-state index is 13.9. The van der Waals surface area contributed by atoms with E-state index >= 15 is 0 Å². The third-order valence-electron chi connectivity index (χ3n) is 9.59. The minimum absolute atomic E-state index is 0.134. The zero-order chi connectivity index (χ0) is 40.7. The highest BCUT2D eigenvalue weighted by molar-refractivity contribution is 5.98. The van der Waals surface area contributed by atoms with E-state index in [0.29, 0.717) is 51.5 Å². The van der Waals surface area contributed by atoms with E-state index in [2.05, 4.69) is 26.4 Å². The quantitative estimate of drug-likeness (QED) is 0.0937. The van der Waals surface area contributed by atoms with Crippen LogP contribution in [0.15, 0.2) is 40.9 Å². The van der Waals surface area contributed by atoms with Gasteiger partial charge >= 0.3 is 5.97 Å². The average Bonchev–Trinajstić information content (AvgIpc) is 3.77. The molecule has 2 aliphatic heterocycles. The number of Topliss-reactive ketones (excluding diaryl/α,β-unsaturated/α-hetero) is 1. The molecule has 2 aliphatic rings. The number of nitrogens with one attached hydrogen (secondary N) is 4. The summed E-state index contributed by atoms with van der Waals surface area (Å²) in [4.78, 5) is 80.9. The van der Waals surface area contributed by atoms with Crippen LogP contribution in [0.2, 0.25) is 0 Å². The van der Waals surface area contributed by atoms with Crippen molar-refractivity contribution < 1.29 is 47.5 Å². The number of hydrogen-bond acceptors (Lipinski definition) is 12. The van der Waals surface area contributed by atoms with Gasteiger partial charge in [-0.05, 0) is 50.0 Å². The van der Waals surface area contributed by atoms with Crippen LogP contribution in [0.5, 0.6) is 0 Å². The summed E-state index contributed by atoms with van der Waals surface area (Å²) in [6, 6.07) is 7.85. The molecule has 2 fully saturated rings. The van der Waals surface area contributed by atoms with Crippen molar-refractivity contribution in [3.8, 4) is 0 Å². The molecule has 0 radical (unpaired) electrons. The number of rotatable bonds is 23. The van der Waals surface area contributed by atoms with Gasteiger partial charge < -0.3 is 40.0 Å². The van der Waals surface area contributed by atoms with Crippen LogP contribution in [0.25, 0.3) is 0 Å². The lowest BCUT2D eigenvalue weighted by Crippen LogP contribution is -2.57. The van der Waals surface area contributed by atoms with E-state index in [1.165, 1.54) is 6.07 Å². The fraction of sp³-hybridized carbons (Fsp3) is 0.625. The topological polar surface area (TPSA) is 211 Å². The molecule has 4 atom stereocenters. The second-order valence-corrected chi connectivity index (χ2v) is 15.5. The monoisotopic (exact) mass is 782 g/mol. The Kier molecular flexibility index (Phi) is 17.0. The second kappa shape index (κ2) is 21.6. The number of benzene rings is 1. The Morgan fingerprint density at radius 3 is 2.11 bits per heavy atom. The van der Waals surface area contributed by atoms with Gasteiger partial charge in [0.15, 0.2) is 18.2 Å². The molecule has 56 heavy (non-hydrogen) atoms. The van der Waals surface area contributed by atoms with Gasteiger partial charge in [0.25, 0.3) is 0 Å². The Hall–Kier alpha value is -4.67. The number of carbonyl (C=O) groups is 6.